The Balaban J connectivity index is 1.53. The van der Waals surface area contributed by atoms with E-state index in [0.29, 0.717) is 35.0 Å². The number of carbonyl (C=O) groups excluding carboxylic acids is 1. The van der Waals surface area contributed by atoms with Crippen LogP contribution in [0.15, 0.2) is 28.7 Å². The highest BCUT2D eigenvalue weighted by Crippen LogP contribution is 2.35. The number of fused-ring (bicyclic) bond motifs is 4. The van der Waals surface area contributed by atoms with Crippen molar-refractivity contribution in [2.24, 2.45) is 11.8 Å². The maximum atomic E-state index is 13.2. The fraction of sp³-hybridized carbons (Fsp3) is 0.471. The zero-order valence-corrected chi connectivity index (χ0v) is 11.8. The topological polar surface area (TPSA) is 33.5 Å². The Morgan fingerprint density at radius 2 is 2.10 bits per heavy atom. The van der Waals surface area contributed by atoms with Crippen molar-refractivity contribution in [3.8, 4) is 0 Å². The minimum atomic E-state index is -0.306. The summed E-state index contributed by atoms with van der Waals surface area (Å²) in [6.45, 7) is 3.39. The SMILES string of the molecule is O=C(C[C@H]1CN2CCC1CC2)c1cc2cc(F)ccc2o1. The fourth-order valence-corrected chi connectivity index (χ4v) is 3.81. The standard InChI is InChI=1S/C17H18FNO2/c18-14-1-2-16-12(7-14)9-17(21-16)15(20)8-13-10-19-5-3-11(13)4-6-19/h1-2,7,9,11,13H,3-6,8,10H2/t13-/m0/s1. The third kappa shape index (κ3) is 2.38. The number of benzene rings is 1. The molecule has 2 aromatic rings. The van der Waals surface area contributed by atoms with Crippen LogP contribution in [0.3, 0.4) is 0 Å². The monoisotopic (exact) mass is 287 g/mol. The molecule has 5 rings (SSSR count). The molecule has 0 unspecified atom stereocenters. The first kappa shape index (κ1) is 13.0. The molecule has 0 saturated carbocycles. The molecule has 3 aliphatic heterocycles. The molecule has 3 saturated heterocycles. The molecule has 0 spiro atoms. The number of halogens is 1. The van der Waals surface area contributed by atoms with Crippen LogP contribution in [0.25, 0.3) is 11.0 Å². The van der Waals surface area contributed by atoms with Gasteiger partial charge in [0.2, 0.25) is 0 Å². The molecule has 0 amide bonds. The lowest BCUT2D eigenvalue weighted by Gasteiger charge is -2.44. The zero-order valence-electron chi connectivity index (χ0n) is 11.8. The smallest absolute Gasteiger partial charge is 0.198 e. The van der Waals surface area contributed by atoms with Crippen LogP contribution < -0.4 is 0 Å². The van der Waals surface area contributed by atoms with Crippen molar-refractivity contribution in [3.05, 3.63) is 35.8 Å². The maximum absolute atomic E-state index is 13.2. The number of Topliss-reactive ketones (excluding diaryl/α,β-unsaturated/α-hetero) is 1. The lowest BCUT2D eigenvalue weighted by Crippen LogP contribution is -2.47. The van der Waals surface area contributed by atoms with E-state index in [-0.39, 0.29) is 11.6 Å². The Morgan fingerprint density at radius 3 is 2.81 bits per heavy atom. The van der Waals surface area contributed by atoms with Gasteiger partial charge in [0.05, 0.1) is 0 Å². The molecule has 0 aliphatic carbocycles. The Morgan fingerprint density at radius 1 is 1.29 bits per heavy atom. The summed E-state index contributed by atoms with van der Waals surface area (Å²) in [7, 11) is 0. The summed E-state index contributed by atoms with van der Waals surface area (Å²) in [6, 6.07) is 6.01. The molecule has 1 aromatic heterocycles. The highest BCUT2D eigenvalue weighted by molar-refractivity contribution is 5.97. The van der Waals surface area contributed by atoms with Gasteiger partial charge in [-0.25, -0.2) is 4.39 Å². The number of rotatable bonds is 3. The summed E-state index contributed by atoms with van der Waals surface area (Å²) < 4.78 is 18.8. The Kier molecular flexibility index (Phi) is 3.07. The van der Waals surface area contributed by atoms with E-state index in [9.17, 15) is 9.18 Å². The van der Waals surface area contributed by atoms with Gasteiger partial charge in [-0.3, -0.25) is 4.79 Å². The van der Waals surface area contributed by atoms with Crippen LogP contribution in [0.2, 0.25) is 0 Å². The highest BCUT2D eigenvalue weighted by Gasteiger charge is 2.35. The summed E-state index contributed by atoms with van der Waals surface area (Å²) in [4.78, 5) is 14.9. The quantitative estimate of drug-likeness (QED) is 0.810. The molecule has 0 N–H and O–H groups in total. The minimum Gasteiger partial charge on any atom is -0.453 e. The predicted octanol–water partition coefficient (Wildman–Crippen LogP) is 3.49. The van der Waals surface area contributed by atoms with Crippen LogP contribution in [0.1, 0.15) is 29.8 Å². The predicted molar refractivity (Wildman–Crippen MR) is 77.8 cm³/mol. The molecule has 4 heteroatoms. The van der Waals surface area contributed by atoms with Crippen LogP contribution >= 0.6 is 0 Å². The van der Waals surface area contributed by atoms with Gasteiger partial charge in [0.15, 0.2) is 11.5 Å². The van der Waals surface area contributed by atoms with E-state index in [1.54, 1.807) is 12.1 Å². The van der Waals surface area contributed by atoms with Gasteiger partial charge in [-0.1, -0.05) is 0 Å². The highest BCUT2D eigenvalue weighted by atomic mass is 19.1. The normalized spacial score (nSPS) is 28.1. The molecule has 110 valence electrons. The first-order valence-electron chi connectivity index (χ1n) is 7.64. The van der Waals surface area contributed by atoms with E-state index < -0.39 is 0 Å². The number of ketones is 1. The molecular formula is C17H18FNO2. The van der Waals surface area contributed by atoms with Crippen molar-refractivity contribution in [1.82, 2.24) is 4.90 Å². The first-order chi connectivity index (χ1) is 10.2. The summed E-state index contributed by atoms with van der Waals surface area (Å²) in [5.41, 5.74) is 0.577. The van der Waals surface area contributed by atoms with Gasteiger partial charge < -0.3 is 9.32 Å². The van der Waals surface area contributed by atoms with Crippen LogP contribution in [0.4, 0.5) is 4.39 Å². The number of piperidine rings is 3. The van der Waals surface area contributed by atoms with Gasteiger partial charge in [0.1, 0.15) is 11.4 Å². The lowest BCUT2D eigenvalue weighted by atomic mass is 9.76. The average molecular weight is 287 g/mol. The van der Waals surface area contributed by atoms with Gasteiger partial charge in [-0.15, -0.1) is 0 Å². The molecular weight excluding hydrogens is 269 g/mol. The average Bonchev–Trinajstić information content (AvgIpc) is 2.91. The Bertz CT molecular complexity index is 685. The van der Waals surface area contributed by atoms with E-state index >= 15 is 0 Å². The largest absolute Gasteiger partial charge is 0.453 e. The first-order valence-corrected chi connectivity index (χ1v) is 7.64. The van der Waals surface area contributed by atoms with Crippen molar-refractivity contribution < 1.29 is 13.6 Å². The summed E-state index contributed by atoms with van der Waals surface area (Å²) in [5, 5.41) is 0.660. The van der Waals surface area contributed by atoms with Gasteiger partial charge in [0, 0.05) is 18.4 Å². The van der Waals surface area contributed by atoms with Crippen molar-refractivity contribution in [2.45, 2.75) is 19.3 Å². The van der Waals surface area contributed by atoms with Gasteiger partial charge in [-0.2, -0.15) is 0 Å². The minimum absolute atomic E-state index is 0.0466. The van der Waals surface area contributed by atoms with E-state index in [4.69, 9.17) is 4.42 Å². The van der Waals surface area contributed by atoms with Crippen molar-refractivity contribution in [1.29, 1.82) is 0 Å². The van der Waals surface area contributed by atoms with E-state index in [2.05, 4.69) is 4.90 Å². The molecule has 3 nitrogen and oxygen atoms in total. The van der Waals surface area contributed by atoms with Crippen LogP contribution in [0, 0.1) is 17.7 Å². The molecule has 4 heterocycles. The summed E-state index contributed by atoms with van der Waals surface area (Å²) in [6.07, 6.45) is 2.97. The Labute approximate surface area is 122 Å². The molecule has 1 atom stereocenters. The second kappa shape index (κ2) is 4.95. The third-order valence-electron chi connectivity index (χ3n) is 4.99. The number of carbonyl (C=O) groups is 1. The van der Waals surface area contributed by atoms with E-state index in [1.807, 2.05) is 0 Å². The molecule has 2 bridgehead atoms. The number of hydrogen-bond acceptors (Lipinski definition) is 3. The maximum Gasteiger partial charge on any atom is 0.198 e. The lowest BCUT2D eigenvalue weighted by molar-refractivity contribution is 0.0433. The summed E-state index contributed by atoms with van der Waals surface area (Å²) >= 11 is 0. The van der Waals surface area contributed by atoms with Crippen LogP contribution in [-0.4, -0.2) is 30.3 Å². The molecule has 3 fully saturated rings. The second-order valence-electron chi connectivity index (χ2n) is 6.32. The van der Waals surface area contributed by atoms with Crippen LogP contribution in [0.5, 0.6) is 0 Å². The van der Waals surface area contributed by atoms with Gasteiger partial charge in [0.25, 0.3) is 0 Å². The van der Waals surface area contributed by atoms with Gasteiger partial charge >= 0.3 is 0 Å². The van der Waals surface area contributed by atoms with Crippen molar-refractivity contribution in [2.75, 3.05) is 19.6 Å². The Hall–Kier alpha value is -1.68. The zero-order chi connectivity index (χ0) is 14.4. The fourth-order valence-electron chi connectivity index (χ4n) is 3.81. The second-order valence-corrected chi connectivity index (χ2v) is 6.32. The molecule has 21 heavy (non-hydrogen) atoms. The molecule has 0 radical (unpaired) electrons. The summed E-state index contributed by atoms with van der Waals surface area (Å²) in [5.74, 6) is 1.24. The molecule has 3 aliphatic rings. The van der Waals surface area contributed by atoms with Gasteiger partial charge in [-0.05, 0) is 62.0 Å². The third-order valence-corrected chi connectivity index (χ3v) is 4.99. The number of hydrogen-bond donors (Lipinski definition) is 0. The number of furan rings is 1. The van der Waals surface area contributed by atoms with Crippen LogP contribution in [-0.2, 0) is 0 Å². The van der Waals surface area contributed by atoms with E-state index in [1.165, 1.54) is 38.1 Å². The molecule has 1 aromatic carbocycles. The van der Waals surface area contributed by atoms with Crippen molar-refractivity contribution in [3.63, 3.8) is 0 Å². The van der Waals surface area contributed by atoms with E-state index in [0.717, 1.165) is 6.54 Å². The number of nitrogens with zero attached hydrogens (tertiary/aromatic N) is 1. The van der Waals surface area contributed by atoms with Crippen molar-refractivity contribution >= 4 is 16.8 Å².